The van der Waals surface area contributed by atoms with E-state index < -0.39 is 23.1 Å². The topological polar surface area (TPSA) is 46.3 Å². The molecule has 0 fully saturated rings. The molecular weight excluding hydrogens is 274 g/mol. The molecule has 0 radical (unpaired) electrons. The molecule has 2 aromatic rings. The maximum atomic E-state index is 13.6. The molecule has 0 unspecified atom stereocenters. The summed E-state index contributed by atoms with van der Waals surface area (Å²) in [6.45, 7) is 0.701. The minimum Gasteiger partial charge on any atom is -0.337 e. The third kappa shape index (κ3) is 3.44. The van der Waals surface area contributed by atoms with Gasteiger partial charge in [-0.25, -0.2) is 8.78 Å². The zero-order valence-electron chi connectivity index (χ0n) is 11.6. The summed E-state index contributed by atoms with van der Waals surface area (Å²) in [7, 11) is 1.51. The molecule has 0 atom stereocenters. The minimum absolute atomic E-state index is 0.261. The molecule has 0 aromatic heterocycles. The van der Waals surface area contributed by atoms with Crippen molar-refractivity contribution in [2.24, 2.45) is 5.73 Å². The van der Waals surface area contributed by atoms with Crippen LogP contribution in [0.25, 0.3) is 0 Å². The molecule has 5 heteroatoms. The third-order valence-electron chi connectivity index (χ3n) is 3.20. The number of nitrogens with two attached hydrogens (primary N) is 1. The standard InChI is InChI=1S/C16H16F2N2O/c1-20(10-12-7-5-11(9-19)6-8-12)16(21)15-13(17)3-2-4-14(15)18/h2-8H,9-10,19H2,1H3. The Balaban J connectivity index is 2.15. The van der Waals surface area contributed by atoms with Gasteiger partial charge in [0, 0.05) is 20.1 Å². The molecule has 21 heavy (non-hydrogen) atoms. The van der Waals surface area contributed by atoms with Crippen LogP contribution in [0.2, 0.25) is 0 Å². The van der Waals surface area contributed by atoms with Crippen LogP contribution in [-0.4, -0.2) is 17.9 Å². The van der Waals surface area contributed by atoms with Crippen LogP contribution in [0, 0.1) is 11.6 Å². The van der Waals surface area contributed by atoms with Gasteiger partial charge in [0.15, 0.2) is 0 Å². The first-order valence-electron chi connectivity index (χ1n) is 6.50. The number of rotatable bonds is 4. The van der Waals surface area contributed by atoms with Crippen LogP contribution < -0.4 is 5.73 Å². The normalized spacial score (nSPS) is 10.5. The fourth-order valence-corrected chi connectivity index (χ4v) is 2.02. The van der Waals surface area contributed by atoms with Gasteiger partial charge in [0.1, 0.15) is 17.2 Å². The van der Waals surface area contributed by atoms with Crippen molar-refractivity contribution in [1.29, 1.82) is 0 Å². The third-order valence-corrected chi connectivity index (χ3v) is 3.20. The van der Waals surface area contributed by atoms with Gasteiger partial charge in [-0.15, -0.1) is 0 Å². The predicted molar refractivity (Wildman–Crippen MR) is 76.5 cm³/mol. The number of halogens is 2. The maximum absolute atomic E-state index is 13.6. The summed E-state index contributed by atoms with van der Waals surface area (Å²) < 4.78 is 27.2. The Morgan fingerprint density at radius 2 is 1.57 bits per heavy atom. The van der Waals surface area contributed by atoms with E-state index in [0.717, 1.165) is 23.3 Å². The Kier molecular flexibility index (Phi) is 4.65. The average Bonchev–Trinajstić information content (AvgIpc) is 2.47. The van der Waals surface area contributed by atoms with Crippen LogP contribution in [0.1, 0.15) is 21.5 Å². The highest BCUT2D eigenvalue weighted by molar-refractivity contribution is 5.94. The van der Waals surface area contributed by atoms with Crippen molar-refractivity contribution in [3.8, 4) is 0 Å². The molecule has 110 valence electrons. The van der Waals surface area contributed by atoms with Crippen molar-refractivity contribution in [3.05, 3.63) is 70.8 Å². The van der Waals surface area contributed by atoms with Crippen LogP contribution >= 0.6 is 0 Å². The number of nitrogens with zero attached hydrogens (tertiary/aromatic N) is 1. The maximum Gasteiger partial charge on any atom is 0.259 e. The fraction of sp³-hybridized carbons (Fsp3) is 0.188. The smallest absolute Gasteiger partial charge is 0.259 e. The lowest BCUT2D eigenvalue weighted by atomic mass is 10.1. The Bertz CT molecular complexity index is 621. The molecule has 0 aliphatic rings. The first kappa shape index (κ1) is 15.1. The van der Waals surface area contributed by atoms with E-state index >= 15 is 0 Å². The van der Waals surface area contributed by atoms with Gasteiger partial charge in [0.05, 0.1) is 0 Å². The van der Waals surface area contributed by atoms with Crippen molar-refractivity contribution in [2.75, 3.05) is 7.05 Å². The highest BCUT2D eigenvalue weighted by atomic mass is 19.1. The molecule has 0 aliphatic heterocycles. The lowest BCUT2D eigenvalue weighted by Crippen LogP contribution is -2.28. The van der Waals surface area contributed by atoms with Crippen molar-refractivity contribution < 1.29 is 13.6 Å². The molecule has 2 rings (SSSR count). The zero-order valence-corrected chi connectivity index (χ0v) is 11.6. The van der Waals surface area contributed by atoms with Crippen molar-refractivity contribution in [2.45, 2.75) is 13.1 Å². The summed E-state index contributed by atoms with van der Waals surface area (Å²) in [5.41, 5.74) is 6.82. The molecule has 0 saturated heterocycles. The van der Waals surface area contributed by atoms with Gasteiger partial charge in [-0.1, -0.05) is 30.3 Å². The van der Waals surface area contributed by atoms with E-state index in [1.165, 1.54) is 18.0 Å². The zero-order chi connectivity index (χ0) is 15.4. The molecule has 0 aliphatic carbocycles. The molecule has 0 bridgehead atoms. The van der Waals surface area contributed by atoms with Gasteiger partial charge in [-0.3, -0.25) is 4.79 Å². The van der Waals surface area contributed by atoms with Crippen LogP contribution in [0.15, 0.2) is 42.5 Å². The highest BCUT2D eigenvalue weighted by Gasteiger charge is 2.20. The summed E-state index contributed by atoms with van der Waals surface area (Å²) in [6, 6.07) is 10.8. The molecule has 0 spiro atoms. The van der Waals surface area contributed by atoms with Crippen molar-refractivity contribution in [3.63, 3.8) is 0 Å². The lowest BCUT2D eigenvalue weighted by molar-refractivity contribution is 0.0775. The van der Waals surface area contributed by atoms with Gasteiger partial charge < -0.3 is 10.6 Å². The lowest BCUT2D eigenvalue weighted by Gasteiger charge is -2.18. The molecule has 0 saturated carbocycles. The van der Waals surface area contributed by atoms with Gasteiger partial charge in [0.2, 0.25) is 0 Å². The van der Waals surface area contributed by atoms with Crippen LogP contribution in [0.4, 0.5) is 8.78 Å². The molecule has 2 aromatic carbocycles. The van der Waals surface area contributed by atoms with Crippen LogP contribution in [0.3, 0.4) is 0 Å². The van der Waals surface area contributed by atoms with Crippen molar-refractivity contribution in [1.82, 2.24) is 4.90 Å². The molecule has 3 nitrogen and oxygen atoms in total. The molecule has 1 amide bonds. The van der Waals surface area contributed by atoms with Gasteiger partial charge in [0.25, 0.3) is 5.91 Å². The van der Waals surface area contributed by atoms with E-state index in [1.54, 1.807) is 0 Å². The second-order valence-corrected chi connectivity index (χ2v) is 4.78. The predicted octanol–water partition coefficient (Wildman–Crippen LogP) is 2.70. The van der Waals surface area contributed by atoms with Crippen molar-refractivity contribution >= 4 is 5.91 Å². The number of hydrogen-bond donors (Lipinski definition) is 1. The summed E-state index contributed by atoms with van der Waals surface area (Å²) in [4.78, 5) is 13.4. The molecule has 2 N–H and O–H groups in total. The second-order valence-electron chi connectivity index (χ2n) is 4.78. The average molecular weight is 290 g/mol. The number of hydrogen-bond acceptors (Lipinski definition) is 2. The van der Waals surface area contributed by atoms with E-state index in [0.29, 0.717) is 6.54 Å². The number of amides is 1. The van der Waals surface area contributed by atoms with E-state index in [1.807, 2.05) is 24.3 Å². The largest absolute Gasteiger partial charge is 0.337 e. The minimum atomic E-state index is -0.856. The highest BCUT2D eigenvalue weighted by Crippen LogP contribution is 2.16. The van der Waals surface area contributed by atoms with Crippen LogP contribution in [-0.2, 0) is 13.1 Å². The Morgan fingerprint density at radius 3 is 2.10 bits per heavy atom. The Morgan fingerprint density at radius 1 is 1.05 bits per heavy atom. The Labute approximate surface area is 122 Å². The van der Waals surface area contributed by atoms with E-state index in [2.05, 4.69) is 0 Å². The molecular formula is C16H16F2N2O. The fourth-order valence-electron chi connectivity index (χ4n) is 2.02. The van der Waals surface area contributed by atoms with Gasteiger partial charge >= 0.3 is 0 Å². The van der Waals surface area contributed by atoms with Gasteiger partial charge in [-0.2, -0.15) is 0 Å². The molecule has 0 heterocycles. The van der Waals surface area contributed by atoms with E-state index in [4.69, 9.17) is 5.73 Å². The van der Waals surface area contributed by atoms with Gasteiger partial charge in [-0.05, 0) is 23.3 Å². The Hall–Kier alpha value is -2.27. The summed E-state index contributed by atoms with van der Waals surface area (Å²) in [5.74, 6) is -2.40. The number of carbonyl (C=O) groups excluding carboxylic acids is 1. The van der Waals surface area contributed by atoms with E-state index in [9.17, 15) is 13.6 Å². The quantitative estimate of drug-likeness (QED) is 0.941. The number of benzene rings is 2. The number of carbonyl (C=O) groups is 1. The summed E-state index contributed by atoms with van der Waals surface area (Å²) in [6.07, 6.45) is 0. The monoisotopic (exact) mass is 290 g/mol. The summed E-state index contributed by atoms with van der Waals surface area (Å²) >= 11 is 0. The second kappa shape index (κ2) is 6.45. The van der Waals surface area contributed by atoms with Crippen LogP contribution in [0.5, 0.6) is 0 Å². The first-order chi connectivity index (χ1) is 10.0. The summed E-state index contributed by atoms with van der Waals surface area (Å²) in [5, 5.41) is 0. The SMILES string of the molecule is CN(Cc1ccc(CN)cc1)C(=O)c1c(F)cccc1F. The first-order valence-corrected chi connectivity index (χ1v) is 6.50. The van der Waals surface area contributed by atoms with E-state index in [-0.39, 0.29) is 6.54 Å².